The number of benzene rings is 2. The molecule has 2 N–H and O–H groups in total. The van der Waals surface area contributed by atoms with Crippen LogP contribution in [-0.2, 0) is 10.2 Å². The average Bonchev–Trinajstić information content (AvgIpc) is 2.80. The summed E-state index contributed by atoms with van der Waals surface area (Å²) in [5.41, 5.74) is 5.86. The van der Waals surface area contributed by atoms with Crippen LogP contribution in [0.3, 0.4) is 0 Å². The van der Waals surface area contributed by atoms with Gasteiger partial charge in [0, 0.05) is 30.3 Å². The van der Waals surface area contributed by atoms with Crippen molar-refractivity contribution in [3.8, 4) is 0 Å². The Morgan fingerprint density at radius 1 is 1.16 bits per heavy atom. The van der Waals surface area contributed by atoms with Crippen molar-refractivity contribution in [2.75, 3.05) is 13.6 Å². The highest BCUT2D eigenvalue weighted by molar-refractivity contribution is 5.69. The lowest BCUT2D eigenvalue weighted by atomic mass is 9.68. The maximum Gasteiger partial charge on any atom is 0.407 e. The van der Waals surface area contributed by atoms with Gasteiger partial charge in [0.1, 0.15) is 6.10 Å². The second kappa shape index (κ2) is 10.3. The quantitative estimate of drug-likeness (QED) is 0.595. The van der Waals surface area contributed by atoms with E-state index in [0.717, 1.165) is 43.5 Å². The largest absolute Gasteiger partial charge is 0.446 e. The highest BCUT2D eigenvalue weighted by Gasteiger charge is 2.38. The number of ether oxygens (including phenoxy) is 1. The van der Waals surface area contributed by atoms with Crippen LogP contribution in [0, 0.1) is 6.92 Å². The predicted octanol–water partition coefficient (Wildman–Crippen LogP) is 5.83. The molecule has 3 rings (SSSR count). The van der Waals surface area contributed by atoms with E-state index in [1.54, 1.807) is 7.05 Å². The lowest BCUT2D eigenvalue weighted by molar-refractivity contribution is 0.0589. The van der Waals surface area contributed by atoms with Gasteiger partial charge in [-0.05, 0) is 56.2 Å². The first-order valence-electron chi connectivity index (χ1n) is 11.1. The second-order valence-electron chi connectivity index (χ2n) is 8.35. The fourth-order valence-corrected chi connectivity index (χ4v) is 4.54. The molecule has 0 radical (unpaired) electrons. The first-order valence-corrected chi connectivity index (χ1v) is 11.1. The maximum atomic E-state index is 11.6. The Morgan fingerprint density at radius 3 is 2.52 bits per heavy atom. The number of allylic oxidation sites excluding steroid dienone is 1. The molecule has 0 aliphatic heterocycles. The van der Waals surface area contributed by atoms with Crippen molar-refractivity contribution in [3.05, 3.63) is 83.4 Å². The third kappa shape index (κ3) is 5.38. The molecule has 1 aliphatic rings. The third-order valence-corrected chi connectivity index (χ3v) is 6.44. The molecule has 1 fully saturated rings. The zero-order valence-corrected chi connectivity index (χ0v) is 18.9. The van der Waals surface area contributed by atoms with E-state index in [1.165, 1.54) is 16.7 Å². The molecule has 4 nitrogen and oxygen atoms in total. The van der Waals surface area contributed by atoms with Crippen LogP contribution in [0.2, 0.25) is 0 Å². The van der Waals surface area contributed by atoms with E-state index in [4.69, 9.17) is 4.74 Å². The molecule has 0 saturated heterocycles. The summed E-state index contributed by atoms with van der Waals surface area (Å²) in [5, 5.41) is 6.20. The van der Waals surface area contributed by atoms with Gasteiger partial charge in [-0.25, -0.2) is 4.79 Å². The third-order valence-electron chi connectivity index (χ3n) is 6.44. The zero-order chi connectivity index (χ0) is 22.3. The van der Waals surface area contributed by atoms with Gasteiger partial charge in [-0.2, -0.15) is 0 Å². The summed E-state index contributed by atoms with van der Waals surface area (Å²) in [6, 6.07) is 17.0. The Balaban J connectivity index is 1.76. The molecule has 0 unspecified atom stereocenters. The minimum atomic E-state index is -0.347. The Bertz CT molecular complexity index is 926. The van der Waals surface area contributed by atoms with E-state index in [9.17, 15) is 4.79 Å². The highest BCUT2D eigenvalue weighted by Crippen LogP contribution is 2.40. The van der Waals surface area contributed by atoms with Crippen molar-refractivity contribution in [1.82, 2.24) is 10.6 Å². The molecule has 1 amide bonds. The average molecular weight is 419 g/mol. The number of nitrogens with one attached hydrogen (secondary N) is 2. The summed E-state index contributed by atoms with van der Waals surface area (Å²) in [6.07, 6.45) is 7.43. The van der Waals surface area contributed by atoms with E-state index >= 15 is 0 Å². The fraction of sp³-hybridized carbons (Fsp3) is 0.370. The monoisotopic (exact) mass is 418 g/mol. The number of hydrogen-bond donors (Lipinski definition) is 2. The standard InChI is InChI=1S/C27H34N2O2/c1-5-10-22-11-9-14-25(20(22)2)21(3)29-19-27(23-12-7-6-8-13-23)17-15-24(16-18-27)31-26(30)28-4/h5-14,24,29H,3,15-19H2,1-2,4H3,(H,28,30)/b10-5-. The summed E-state index contributed by atoms with van der Waals surface area (Å²) < 4.78 is 5.52. The molecule has 164 valence electrons. The summed E-state index contributed by atoms with van der Waals surface area (Å²) in [4.78, 5) is 11.6. The molecule has 31 heavy (non-hydrogen) atoms. The first-order chi connectivity index (χ1) is 15.0. The summed E-state index contributed by atoms with van der Waals surface area (Å²) in [7, 11) is 1.60. The van der Waals surface area contributed by atoms with Crippen molar-refractivity contribution in [3.63, 3.8) is 0 Å². The molecule has 2 aromatic rings. The lowest BCUT2D eigenvalue weighted by Crippen LogP contribution is -2.43. The van der Waals surface area contributed by atoms with Crippen molar-refractivity contribution >= 4 is 17.9 Å². The van der Waals surface area contributed by atoms with Gasteiger partial charge in [0.25, 0.3) is 0 Å². The van der Waals surface area contributed by atoms with E-state index < -0.39 is 0 Å². The van der Waals surface area contributed by atoms with Gasteiger partial charge in [-0.15, -0.1) is 0 Å². The smallest absolute Gasteiger partial charge is 0.407 e. The molecule has 1 saturated carbocycles. The van der Waals surface area contributed by atoms with Crippen LogP contribution in [0.1, 0.15) is 54.9 Å². The summed E-state index contributed by atoms with van der Waals surface area (Å²) in [5.74, 6) is 0. The van der Waals surface area contributed by atoms with Gasteiger partial charge in [-0.3, -0.25) is 0 Å². The molecule has 4 heteroatoms. The van der Waals surface area contributed by atoms with Crippen molar-refractivity contribution in [1.29, 1.82) is 0 Å². The van der Waals surface area contributed by atoms with Crippen LogP contribution in [0.5, 0.6) is 0 Å². The highest BCUT2D eigenvalue weighted by atomic mass is 16.6. The lowest BCUT2D eigenvalue weighted by Gasteiger charge is -2.41. The van der Waals surface area contributed by atoms with Crippen LogP contribution in [0.25, 0.3) is 11.8 Å². The second-order valence-corrected chi connectivity index (χ2v) is 8.35. The minimum absolute atomic E-state index is 0.0123. The normalized spacial score (nSPS) is 20.9. The Labute approximate surface area is 186 Å². The molecule has 0 heterocycles. The van der Waals surface area contributed by atoms with E-state index in [2.05, 4.69) is 84.8 Å². The molecule has 2 aromatic carbocycles. The van der Waals surface area contributed by atoms with Crippen LogP contribution in [-0.4, -0.2) is 25.8 Å². The first kappa shape index (κ1) is 22.7. The van der Waals surface area contributed by atoms with E-state index in [0.29, 0.717) is 0 Å². The number of alkyl carbamates (subject to hydrolysis) is 1. The Morgan fingerprint density at radius 2 is 1.87 bits per heavy atom. The van der Waals surface area contributed by atoms with E-state index in [-0.39, 0.29) is 17.6 Å². The Hall–Kier alpha value is -3.01. The zero-order valence-electron chi connectivity index (χ0n) is 18.9. The molecule has 0 atom stereocenters. The van der Waals surface area contributed by atoms with Crippen molar-refractivity contribution in [2.45, 2.75) is 51.0 Å². The van der Waals surface area contributed by atoms with Gasteiger partial charge in [-0.1, -0.05) is 67.3 Å². The molecule has 1 aliphatic carbocycles. The maximum absolute atomic E-state index is 11.6. The van der Waals surface area contributed by atoms with Crippen LogP contribution in [0.4, 0.5) is 4.79 Å². The van der Waals surface area contributed by atoms with Crippen molar-refractivity contribution in [2.24, 2.45) is 0 Å². The summed E-state index contributed by atoms with van der Waals surface area (Å²) >= 11 is 0. The number of hydrogen-bond acceptors (Lipinski definition) is 3. The molecule has 0 spiro atoms. The predicted molar refractivity (Wildman–Crippen MR) is 129 cm³/mol. The number of amides is 1. The molecule has 0 aromatic heterocycles. The minimum Gasteiger partial charge on any atom is -0.446 e. The Kier molecular flexibility index (Phi) is 7.56. The number of carbonyl (C=O) groups excluding carboxylic acids is 1. The molecule has 0 bridgehead atoms. The van der Waals surface area contributed by atoms with Crippen LogP contribution < -0.4 is 10.6 Å². The van der Waals surface area contributed by atoms with Gasteiger partial charge in [0.15, 0.2) is 0 Å². The van der Waals surface area contributed by atoms with Crippen LogP contribution in [0.15, 0.2) is 61.2 Å². The topological polar surface area (TPSA) is 50.4 Å². The van der Waals surface area contributed by atoms with Gasteiger partial charge in [0.05, 0.1) is 0 Å². The summed E-state index contributed by atoms with van der Waals surface area (Å²) in [6.45, 7) is 9.33. The van der Waals surface area contributed by atoms with E-state index in [1.807, 2.05) is 6.92 Å². The number of rotatable bonds is 7. The fourth-order valence-electron chi connectivity index (χ4n) is 4.54. The van der Waals surface area contributed by atoms with Gasteiger partial charge in [0.2, 0.25) is 0 Å². The van der Waals surface area contributed by atoms with Gasteiger partial charge >= 0.3 is 6.09 Å². The molecular weight excluding hydrogens is 384 g/mol. The molecular formula is C27H34N2O2. The SMILES string of the molecule is C=C(NCC1(c2ccccc2)CCC(OC(=O)NC)CC1)c1cccc(/C=C\C)c1C. The van der Waals surface area contributed by atoms with Gasteiger partial charge < -0.3 is 15.4 Å². The van der Waals surface area contributed by atoms with Crippen LogP contribution >= 0.6 is 0 Å². The van der Waals surface area contributed by atoms with Crippen molar-refractivity contribution < 1.29 is 9.53 Å². The number of carbonyl (C=O) groups is 1.